The second-order valence-electron chi connectivity index (χ2n) is 5.62. The number of nitriles is 1. The summed E-state index contributed by atoms with van der Waals surface area (Å²) in [4.78, 5) is 20.4. The van der Waals surface area contributed by atoms with Gasteiger partial charge in [-0.2, -0.15) is 5.26 Å². The molecule has 0 bridgehead atoms. The first-order valence-corrected chi connectivity index (χ1v) is 7.03. The van der Waals surface area contributed by atoms with E-state index in [1.165, 1.54) is 0 Å². The van der Waals surface area contributed by atoms with E-state index in [1.807, 2.05) is 24.8 Å². The van der Waals surface area contributed by atoms with Crippen LogP contribution < -0.4 is 4.90 Å². The maximum atomic E-state index is 11.7. The lowest BCUT2D eigenvalue weighted by atomic mass is 10.1. The molecule has 5 heteroatoms. The van der Waals surface area contributed by atoms with E-state index in [-0.39, 0.29) is 11.9 Å². The Morgan fingerprint density at radius 1 is 1.40 bits per heavy atom. The van der Waals surface area contributed by atoms with Crippen molar-refractivity contribution in [3.63, 3.8) is 0 Å². The molecule has 2 fully saturated rings. The summed E-state index contributed by atoms with van der Waals surface area (Å²) < 4.78 is 0. The molecule has 0 spiro atoms. The number of fused-ring (bicyclic) bond motifs is 1. The molecule has 2 aliphatic rings. The number of aromatic nitrogens is 1. The van der Waals surface area contributed by atoms with Gasteiger partial charge in [0, 0.05) is 37.8 Å². The van der Waals surface area contributed by atoms with E-state index in [2.05, 4.69) is 16.0 Å². The third kappa shape index (κ3) is 2.01. The Bertz CT molecular complexity index is 605. The fourth-order valence-corrected chi connectivity index (χ4v) is 3.24. The monoisotopic (exact) mass is 270 g/mol. The van der Waals surface area contributed by atoms with Crippen LogP contribution in [0.4, 0.5) is 5.82 Å². The van der Waals surface area contributed by atoms with Crippen molar-refractivity contribution in [1.29, 1.82) is 5.26 Å². The van der Waals surface area contributed by atoms with E-state index < -0.39 is 0 Å². The SMILES string of the molecule is Cc1cc(C)c(C#N)c(N2CCN3C(=O)CCC3C2)n1. The van der Waals surface area contributed by atoms with Crippen LogP contribution in [0.15, 0.2) is 6.07 Å². The minimum absolute atomic E-state index is 0.267. The van der Waals surface area contributed by atoms with Gasteiger partial charge in [-0.3, -0.25) is 4.79 Å². The lowest BCUT2D eigenvalue weighted by molar-refractivity contribution is -0.129. The summed E-state index contributed by atoms with van der Waals surface area (Å²) in [6, 6.07) is 4.50. The molecule has 0 radical (unpaired) electrons. The van der Waals surface area contributed by atoms with Crippen molar-refractivity contribution < 1.29 is 4.79 Å². The second-order valence-corrected chi connectivity index (χ2v) is 5.62. The molecular formula is C15H18N4O. The predicted molar refractivity (Wildman–Crippen MR) is 75.4 cm³/mol. The van der Waals surface area contributed by atoms with Gasteiger partial charge < -0.3 is 9.80 Å². The highest BCUT2D eigenvalue weighted by Gasteiger charge is 2.36. The van der Waals surface area contributed by atoms with Gasteiger partial charge in [0.05, 0.1) is 5.56 Å². The van der Waals surface area contributed by atoms with E-state index in [0.717, 1.165) is 43.1 Å². The molecule has 5 nitrogen and oxygen atoms in total. The Hall–Kier alpha value is -2.09. The number of pyridine rings is 1. The number of amides is 1. The Morgan fingerprint density at radius 2 is 2.20 bits per heavy atom. The Kier molecular flexibility index (Phi) is 3.09. The number of carbonyl (C=O) groups is 1. The number of piperazine rings is 1. The number of rotatable bonds is 1. The van der Waals surface area contributed by atoms with E-state index >= 15 is 0 Å². The first-order valence-electron chi connectivity index (χ1n) is 7.03. The third-order valence-electron chi connectivity index (χ3n) is 4.23. The van der Waals surface area contributed by atoms with E-state index in [0.29, 0.717) is 12.0 Å². The molecule has 1 unspecified atom stereocenters. The van der Waals surface area contributed by atoms with E-state index in [9.17, 15) is 10.1 Å². The standard InChI is InChI=1S/C15H18N4O/c1-10-7-11(2)17-15(13(10)8-16)18-5-6-19-12(9-18)3-4-14(19)20/h7,12H,3-6,9H2,1-2H3. The number of anilines is 1. The van der Waals surface area contributed by atoms with Gasteiger partial charge in [-0.15, -0.1) is 0 Å². The zero-order valence-corrected chi connectivity index (χ0v) is 11.9. The van der Waals surface area contributed by atoms with Gasteiger partial charge in [0.15, 0.2) is 0 Å². The maximum Gasteiger partial charge on any atom is 0.223 e. The van der Waals surface area contributed by atoms with Crippen LogP contribution in [-0.2, 0) is 4.79 Å². The number of nitrogens with zero attached hydrogens (tertiary/aromatic N) is 4. The predicted octanol–water partition coefficient (Wildman–Crippen LogP) is 1.38. The summed E-state index contributed by atoms with van der Waals surface area (Å²) in [6.45, 7) is 6.19. The van der Waals surface area contributed by atoms with Gasteiger partial charge in [0.2, 0.25) is 5.91 Å². The molecule has 104 valence electrons. The van der Waals surface area contributed by atoms with Crippen LogP contribution in [0.1, 0.15) is 29.7 Å². The van der Waals surface area contributed by atoms with Gasteiger partial charge in [0.1, 0.15) is 11.9 Å². The summed E-state index contributed by atoms with van der Waals surface area (Å²) >= 11 is 0. The van der Waals surface area contributed by atoms with Crippen LogP contribution >= 0.6 is 0 Å². The minimum atomic E-state index is 0.267. The largest absolute Gasteiger partial charge is 0.352 e. The molecule has 0 saturated carbocycles. The molecule has 3 heterocycles. The maximum absolute atomic E-state index is 11.7. The van der Waals surface area contributed by atoms with Crippen molar-refractivity contribution in [3.05, 3.63) is 22.9 Å². The normalized spacial score (nSPS) is 21.9. The van der Waals surface area contributed by atoms with Crippen molar-refractivity contribution in [2.75, 3.05) is 24.5 Å². The summed E-state index contributed by atoms with van der Waals surface area (Å²) in [7, 11) is 0. The first kappa shape index (κ1) is 12.9. The lowest BCUT2D eigenvalue weighted by Gasteiger charge is -2.38. The highest BCUT2D eigenvalue weighted by atomic mass is 16.2. The molecule has 1 amide bonds. The van der Waals surface area contributed by atoms with Gasteiger partial charge in [0.25, 0.3) is 0 Å². The molecule has 1 aromatic heterocycles. The molecule has 1 aromatic rings. The average molecular weight is 270 g/mol. The van der Waals surface area contributed by atoms with Crippen molar-refractivity contribution in [2.45, 2.75) is 32.7 Å². The number of aryl methyl sites for hydroxylation is 2. The topological polar surface area (TPSA) is 60.2 Å². The van der Waals surface area contributed by atoms with Gasteiger partial charge >= 0.3 is 0 Å². The van der Waals surface area contributed by atoms with Crippen LogP contribution in [0, 0.1) is 25.2 Å². The smallest absolute Gasteiger partial charge is 0.223 e. The Labute approximate surface area is 118 Å². The van der Waals surface area contributed by atoms with Crippen LogP contribution in [0.3, 0.4) is 0 Å². The lowest BCUT2D eigenvalue weighted by Crippen LogP contribution is -2.52. The number of hydrogen-bond acceptors (Lipinski definition) is 4. The molecular weight excluding hydrogens is 252 g/mol. The molecule has 3 rings (SSSR count). The molecule has 0 N–H and O–H groups in total. The highest BCUT2D eigenvalue weighted by Crippen LogP contribution is 2.28. The van der Waals surface area contributed by atoms with Crippen LogP contribution in [0.5, 0.6) is 0 Å². The zero-order chi connectivity index (χ0) is 14.3. The molecule has 2 aliphatic heterocycles. The van der Waals surface area contributed by atoms with Gasteiger partial charge in [-0.1, -0.05) is 0 Å². The fourth-order valence-electron chi connectivity index (χ4n) is 3.24. The number of hydrogen-bond donors (Lipinski definition) is 0. The fraction of sp³-hybridized carbons (Fsp3) is 0.533. The quantitative estimate of drug-likeness (QED) is 0.773. The second kappa shape index (κ2) is 4.78. The minimum Gasteiger partial charge on any atom is -0.352 e. The molecule has 1 atom stereocenters. The Balaban J connectivity index is 1.91. The first-order chi connectivity index (χ1) is 9.60. The summed E-state index contributed by atoms with van der Waals surface area (Å²) in [5, 5.41) is 9.37. The Morgan fingerprint density at radius 3 is 2.95 bits per heavy atom. The number of carbonyl (C=O) groups excluding carboxylic acids is 1. The van der Waals surface area contributed by atoms with Crippen molar-refractivity contribution >= 4 is 11.7 Å². The molecule has 0 aromatic carbocycles. The van der Waals surface area contributed by atoms with Crippen molar-refractivity contribution in [3.8, 4) is 6.07 Å². The van der Waals surface area contributed by atoms with Crippen molar-refractivity contribution in [1.82, 2.24) is 9.88 Å². The van der Waals surface area contributed by atoms with E-state index in [1.54, 1.807) is 0 Å². The molecule has 20 heavy (non-hydrogen) atoms. The molecule has 0 aliphatic carbocycles. The van der Waals surface area contributed by atoms with Crippen molar-refractivity contribution in [2.24, 2.45) is 0 Å². The summed E-state index contributed by atoms with van der Waals surface area (Å²) in [6.07, 6.45) is 1.58. The van der Waals surface area contributed by atoms with Crippen LogP contribution in [-0.4, -0.2) is 41.5 Å². The van der Waals surface area contributed by atoms with Crippen LogP contribution in [0.2, 0.25) is 0 Å². The van der Waals surface area contributed by atoms with E-state index in [4.69, 9.17) is 0 Å². The van der Waals surface area contributed by atoms with Gasteiger partial charge in [-0.25, -0.2) is 4.98 Å². The third-order valence-corrected chi connectivity index (χ3v) is 4.23. The highest BCUT2D eigenvalue weighted by molar-refractivity contribution is 5.79. The van der Waals surface area contributed by atoms with Gasteiger partial charge in [-0.05, 0) is 31.9 Å². The summed E-state index contributed by atoms with van der Waals surface area (Å²) in [5.41, 5.74) is 2.56. The summed E-state index contributed by atoms with van der Waals surface area (Å²) in [5.74, 6) is 1.05. The van der Waals surface area contributed by atoms with Crippen LogP contribution in [0.25, 0.3) is 0 Å². The zero-order valence-electron chi connectivity index (χ0n) is 11.9. The average Bonchev–Trinajstić information content (AvgIpc) is 2.79. The molecule has 2 saturated heterocycles.